The van der Waals surface area contributed by atoms with Gasteiger partial charge in [0.05, 0.1) is 16.4 Å². The highest BCUT2D eigenvalue weighted by atomic mass is 32.1. The van der Waals surface area contributed by atoms with Crippen LogP contribution in [0, 0.1) is 5.51 Å². The van der Waals surface area contributed by atoms with E-state index in [4.69, 9.17) is 0 Å². The topological polar surface area (TPSA) is 77.3 Å². The molecule has 4 aromatic rings. The van der Waals surface area contributed by atoms with E-state index >= 15 is 0 Å². The average molecular weight is 271 g/mol. The number of hydrogen-bond acceptors (Lipinski definition) is 8. The van der Waals surface area contributed by atoms with Gasteiger partial charge in [0.15, 0.2) is 10.3 Å². The van der Waals surface area contributed by atoms with Crippen LogP contribution in [0.5, 0.6) is 0 Å². The molecule has 0 N–H and O–H groups in total. The Morgan fingerprint density at radius 2 is 2.11 bits per heavy atom. The zero-order chi connectivity index (χ0) is 11.9. The van der Waals surface area contributed by atoms with Gasteiger partial charge in [0, 0.05) is 0 Å². The van der Waals surface area contributed by atoms with Crippen molar-refractivity contribution < 1.29 is 0 Å². The van der Waals surface area contributed by atoms with Crippen LogP contribution in [0.3, 0.4) is 0 Å². The van der Waals surface area contributed by atoms with Gasteiger partial charge in [-0.05, 0) is 6.07 Å². The van der Waals surface area contributed by atoms with Crippen molar-refractivity contribution in [3.8, 4) is 11.4 Å². The van der Waals surface area contributed by atoms with Crippen molar-refractivity contribution in [2.24, 2.45) is 0 Å². The van der Waals surface area contributed by atoms with Crippen LogP contribution < -0.4 is 0 Å². The van der Waals surface area contributed by atoms with Crippen molar-refractivity contribution in [2.45, 2.75) is 0 Å². The van der Waals surface area contributed by atoms with Crippen LogP contribution in [-0.4, -0.2) is 30.4 Å². The van der Waals surface area contributed by atoms with Crippen molar-refractivity contribution in [1.29, 1.82) is 0 Å². The third-order valence-corrected chi connectivity index (χ3v) is 3.96. The fourth-order valence-corrected chi connectivity index (χ4v) is 2.91. The molecule has 8 heteroatoms. The molecule has 0 aliphatic heterocycles. The van der Waals surface area contributed by atoms with Gasteiger partial charge in [0.1, 0.15) is 22.4 Å². The SMILES string of the molecule is [c]1nc2cc(-c3nncc4ncsc34)nnc2s1. The molecule has 4 heterocycles. The molecule has 0 saturated carbocycles. The predicted molar refractivity (Wildman–Crippen MR) is 68.3 cm³/mol. The normalized spacial score (nSPS) is 11.3. The fraction of sp³-hybridized carbons (Fsp3) is 0. The van der Waals surface area contributed by atoms with Crippen LogP contribution in [0.15, 0.2) is 17.8 Å². The first-order valence-electron chi connectivity index (χ1n) is 4.97. The summed E-state index contributed by atoms with van der Waals surface area (Å²) in [6.07, 6.45) is 1.64. The largest absolute Gasteiger partial charge is 0.243 e. The van der Waals surface area contributed by atoms with E-state index in [-0.39, 0.29) is 0 Å². The van der Waals surface area contributed by atoms with Crippen LogP contribution in [0.2, 0.25) is 0 Å². The minimum absolute atomic E-state index is 0.657. The summed E-state index contributed by atoms with van der Waals surface area (Å²) >= 11 is 2.85. The molecule has 1 radical (unpaired) electrons. The van der Waals surface area contributed by atoms with Crippen molar-refractivity contribution in [1.82, 2.24) is 30.4 Å². The van der Waals surface area contributed by atoms with Gasteiger partial charge in [-0.3, -0.25) is 0 Å². The van der Waals surface area contributed by atoms with E-state index in [1.54, 1.807) is 11.7 Å². The predicted octanol–water partition coefficient (Wildman–Crippen LogP) is 1.95. The fourth-order valence-electron chi connectivity index (χ4n) is 1.63. The molecule has 0 unspecified atom stereocenters. The van der Waals surface area contributed by atoms with Crippen LogP contribution in [0.4, 0.5) is 0 Å². The Labute approximate surface area is 108 Å². The molecule has 18 heavy (non-hydrogen) atoms. The highest BCUT2D eigenvalue weighted by Gasteiger charge is 2.12. The first-order chi connectivity index (χ1) is 8.92. The zero-order valence-electron chi connectivity index (χ0n) is 8.73. The zero-order valence-corrected chi connectivity index (χ0v) is 10.4. The minimum Gasteiger partial charge on any atom is -0.243 e. The molecule has 6 nitrogen and oxygen atoms in total. The molecule has 4 aromatic heterocycles. The molecule has 0 aromatic carbocycles. The van der Waals surface area contributed by atoms with E-state index in [2.05, 4.69) is 35.9 Å². The van der Waals surface area contributed by atoms with Crippen LogP contribution in [0.25, 0.3) is 32.0 Å². The molecule has 0 aliphatic rings. The molecular weight excluding hydrogens is 268 g/mol. The Bertz CT molecular complexity index is 851. The summed E-state index contributed by atoms with van der Waals surface area (Å²) in [6, 6.07) is 1.85. The maximum absolute atomic E-state index is 4.21. The second-order valence-electron chi connectivity index (χ2n) is 3.49. The molecule has 0 bridgehead atoms. The van der Waals surface area contributed by atoms with Gasteiger partial charge < -0.3 is 0 Å². The standard InChI is InChI=1S/C10H3N6S2/c1-5(14-16-10-6(1)11-4-18-10)8-9-7(2-13-15-8)12-3-17-9/h1-3H. The third kappa shape index (κ3) is 1.39. The van der Waals surface area contributed by atoms with Crippen molar-refractivity contribution in [2.75, 3.05) is 0 Å². The maximum atomic E-state index is 4.21. The summed E-state index contributed by atoms with van der Waals surface area (Å²) < 4.78 is 0.956. The number of rotatable bonds is 1. The van der Waals surface area contributed by atoms with Crippen molar-refractivity contribution in [3.05, 3.63) is 23.3 Å². The smallest absolute Gasteiger partial charge is 0.166 e. The lowest BCUT2D eigenvalue weighted by Crippen LogP contribution is -1.92. The Balaban J connectivity index is 2.03. The van der Waals surface area contributed by atoms with Gasteiger partial charge in [-0.1, -0.05) is 11.3 Å². The molecule has 0 spiro atoms. The molecular formula is C10H3N6S2. The Hall–Kier alpha value is -2.06. The lowest BCUT2D eigenvalue weighted by atomic mass is 10.2. The number of nitrogens with zero attached hydrogens (tertiary/aromatic N) is 6. The number of hydrogen-bond donors (Lipinski definition) is 0. The highest BCUT2D eigenvalue weighted by molar-refractivity contribution is 7.17. The van der Waals surface area contributed by atoms with E-state index < -0.39 is 0 Å². The summed E-state index contributed by atoms with van der Waals surface area (Å²) in [5.74, 6) is 0. The molecule has 4 rings (SSSR count). The maximum Gasteiger partial charge on any atom is 0.166 e. The molecule has 0 saturated heterocycles. The van der Waals surface area contributed by atoms with E-state index in [9.17, 15) is 0 Å². The number of aromatic nitrogens is 6. The van der Waals surface area contributed by atoms with Gasteiger partial charge in [-0.25, -0.2) is 9.97 Å². The van der Waals surface area contributed by atoms with Crippen LogP contribution in [-0.2, 0) is 0 Å². The Morgan fingerprint density at radius 1 is 1.11 bits per heavy atom. The van der Waals surface area contributed by atoms with E-state index in [0.717, 1.165) is 20.6 Å². The van der Waals surface area contributed by atoms with Crippen molar-refractivity contribution in [3.63, 3.8) is 0 Å². The van der Waals surface area contributed by atoms with Crippen LogP contribution in [0.1, 0.15) is 0 Å². The third-order valence-electron chi connectivity index (χ3n) is 2.44. The van der Waals surface area contributed by atoms with E-state index in [1.807, 2.05) is 6.07 Å². The number of fused-ring (bicyclic) bond motifs is 2. The summed E-state index contributed by atoms with van der Waals surface area (Å²) in [5, 5.41) is 16.3. The lowest BCUT2D eigenvalue weighted by molar-refractivity contribution is 1.02. The van der Waals surface area contributed by atoms with Crippen molar-refractivity contribution >= 4 is 43.2 Å². The van der Waals surface area contributed by atoms with Gasteiger partial charge in [0.25, 0.3) is 0 Å². The van der Waals surface area contributed by atoms with Crippen LogP contribution >= 0.6 is 22.7 Å². The molecule has 0 amide bonds. The molecule has 85 valence electrons. The summed E-state index contributed by atoms with van der Waals surface area (Å²) in [5.41, 5.74) is 7.49. The molecule has 0 aliphatic carbocycles. The Morgan fingerprint density at radius 3 is 3.11 bits per heavy atom. The van der Waals surface area contributed by atoms with Gasteiger partial charge in [-0.2, -0.15) is 5.10 Å². The van der Waals surface area contributed by atoms with Gasteiger partial charge in [0.2, 0.25) is 0 Å². The monoisotopic (exact) mass is 271 g/mol. The summed E-state index contributed by atoms with van der Waals surface area (Å²) in [6.45, 7) is 0. The van der Waals surface area contributed by atoms with E-state index in [1.165, 1.54) is 22.7 Å². The first-order valence-corrected chi connectivity index (χ1v) is 6.67. The van der Waals surface area contributed by atoms with E-state index in [0.29, 0.717) is 11.4 Å². The number of thiazole rings is 2. The highest BCUT2D eigenvalue weighted by Crippen LogP contribution is 2.28. The summed E-state index contributed by atoms with van der Waals surface area (Å²) in [7, 11) is 0. The average Bonchev–Trinajstić information content (AvgIpc) is 3.05. The first kappa shape index (κ1) is 9.92. The lowest BCUT2D eigenvalue weighted by Gasteiger charge is -1.98. The summed E-state index contributed by atoms with van der Waals surface area (Å²) in [4.78, 5) is 9.08. The molecule has 0 atom stereocenters. The quantitative estimate of drug-likeness (QED) is 0.526. The Kier molecular flexibility index (Phi) is 2.05. The van der Waals surface area contributed by atoms with Gasteiger partial charge in [-0.15, -0.1) is 26.6 Å². The molecule has 0 fully saturated rings. The second-order valence-corrected chi connectivity index (χ2v) is 5.11. The minimum atomic E-state index is 0.657. The second kappa shape index (κ2) is 3.72. The van der Waals surface area contributed by atoms with Gasteiger partial charge >= 0.3 is 0 Å².